The van der Waals surface area contributed by atoms with Crippen LogP contribution in [0.5, 0.6) is 5.75 Å². The highest BCUT2D eigenvalue weighted by Gasteiger charge is 2.20. The molecule has 17 heavy (non-hydrogen) atoms. The summed E-state index contributed by atoms with van der Waals surface area (Å²) in [6, 6.07) is 7.29. The Labute approximate surface area is 107 Å². The number of rotatable bonds is 4. The van der Waals surface area contributed by atoms with Crippen LogP contribution < -0.4 is 4.74 Å². The van der Waals surface area contributed by atoms with Gasteiger partial charge >= 0.3 is 0 Å². The van der Waals surface area contributed by atoms with Gasteiger partial charge in [-0.05, 0) is 18.2 Å². The average molecular weight is 256 g/mol. The lowest BCUT2D eigenvalue weighted by Gasteiger charge is -2.20. The van der Waals surface area contributed by atoms with Crippen molar-refractivity contribution < 1.29 is 9.57 Å². The molecule has 0 saturated heterocycles. The van der Waals surface area contributed by atoms with Crippen molar-refractivity contribution in [3.63, 3.8) is 0 Å². The molecule has 0 fully saturated rings. The predicted octanol–water partition coefficient (Wildman–Crippen LogP) is 3.77. The van der Waals surface area contributed by atoms with Gasteiger partial charge in [0.2, 0.25) is 0 Å². The van der Waals surface area contributed by atoms with Crippen LogP contribution >= 0.6 is 11.6 Å². The second kappa shape index (κ2) is 5.92. The molecule has 0 atom stereocenters. The molecular weight excluding hydrogens is 238 g/mol. The maximum atomic E-state index is 5.88. The Bertz CT molecular complexity index is 397. The molecule has 0 radical (unpaired) electrons. The first kappa shape index (κ1) is 13.8. The SMILES string of the molecule is CO/N=C(\COc1cccc(Cl)c1)C(C)(C)C. The van der Waals surface area contributed by atoms with Crippen LogP contribution in [0.4, 0.5) is 0 Å². The molecule has 0 aromatic heterocycles. The minimum absolute atomic E-state index is 0.0887. The lowest BCUT2D eigenvalue weighted by atomic mass is 9.90. The molecule has 0 heterocycles. The first-order valence-corrected chi connectivity index (χ1v) is 5.80. The van der Waals surface area contributed by atoms with Gasteiger partial charge in [0.1, 0.15) is 19.5 Å². The smallest absolute Gasteiger partial charge is 0.130 e. The van der Waals surface area contributed by atoms with Crippen molar-refractivity contribution >= 4 is 17.3 Å². The van der Waals surface area contributed by atoms with Crippen LogP contribution in [0.25, 0.3) is 0 Å². The molecule has 0 amide bonds. The normalized spacial score (nSPS) is 12.4. The van der Waals surface area contributed by atoms with Gasteiger partial charge in [-0.3, -0.25) is 0 Å². The number of hydrogen-bond donors (Lipinski definition) is 0. The van der Waals surface area contributed by atoms with Gasteiger partial charge in [0.05, 0.1) is 5.71 Å². The van der Waals surface area contributed by atoms with Gasteiger partial charge in [0, 0.05) is 10.4 Å². The molecule has 0 N–H and O–H groups in total. The summed E-state index contributed by atoms with van der Waals surface area (Å²) in [5.41, 5.74) is 0.758. The van der Waals surface area contributed by atoms with Gasteiger partial charge in [0.15, 0.2) is 0 Å². The first-order chi connectivity index (χ1) is 7.93. The van der Waals surface area contributed by atoms with Crippen molar-refractivity contribution in [2.75, 3.05) is 13.7 Å². The number of oxime groups is 1. The van der Waals surface area contributed by atoms with Crippen LogP contribution in [0, 0.1) is 5.41 Å². The Balaban J connectivity index is 2.68. The molecule has 0 bridgehead atoms. The van der Waals surface area contributed by atoms with Gasteiger partial charge in [-0.2, -0.15) is 0 Å². The molecule has 0 aliphatic rings. The molecule has 0 aliphatic heterocycles. The Morgan fingerprint density at radius 1 is 1.35 bits per heavy atom. The first-order valence-electron chi connectivity index (χ1n) is 5.42. The maximum Gasteiger partial charge on any atom is 0.130 e. The van der Waals surface area contributed by atoms with Crippen LogP contribution in [0.2, 0.25) is 5.02 Å². The average Bonchev–Trinajstić information content (AvgIpc) is 2.22. The monoisotopic (exact) mass is 255 g/mol. The minimum atomic E-state index is -0.0887. The zero-order valence-electron chi connectivity index (χ0n) is 10.7. The third-order valence-corrected chi connectivity index (χ3v) is 2.47. The highest BCUT2D eigenvalue weighted by atomic mass is 35.5. The number of hydrogen-bond acceptors (Lipinski definition) is 3. The Morgan fingerprint density at radius 3 is 2.59 bits per heavy atom. The molecule has 0 aliphatic carbocycles. The summed E-state index contributed by atoms with van der Waals surface area (Å²) in [7, 11) is 1.53. The molecule has 0 unspecified atom stereocenters. The zero-order chi connectivity index (χ0) is 12.9. The van der Waals surface area contributed by atoms with E-state index in [1.165, 1.54) is 7.11 Å². The fourth-order valence-corrected chi connectivity index (χ4v) is 1.38. The van der Waals surface area contributed by atoms with Crippen LogP contribution in [0.3, 0.4) is 0 Å². The van der Waals surface area contributed by atoms with E-state index in [9.17, 15) is 0 Å². The fraction of sp³-hybridized carbons (Fsp3) is 0.462. The van der Waals surface area contributed by atoms with E-state index in [-0.39, 0.29) is 5.41 Å². The topological polar surface area (TPSA) is 30.8 Å². The number of benzene rings is 1. The van der Waals surface area contributed by atoms with E-state index in [1.807, 2.05) is 18.2 Å². The summed E-state index contributed by atoms with van der Waals surface area (Å²) in [6.07, 6.45) is 0. The van der Waals surface area contributed by atoms with E-state index in [0.29, 0.717) is 11.6 Å². The van der Waals surface area contributed by atoms with Gasteiger partial charge in [0.25, 0.3) is 0 Å². The molecule has 1 rings (SSSR count). The van der Waals surface area contributed by atoms with Crippen molar-refractivity contribution in [3.8, 4) is 5.75 Å². The minimum Gasteiger partial charge on any atom is -0.487 e. The third kappa shape index (κ3) is 4.65. The van der Waals surface area contributed by atoms with E-state index in [0.717, 1.165) is 11.5 Å². The molecule has 3 nitrogen and oxygen atoms in total. The second-order valence-corrected chi connectivity index (χ2v) is 5.15. The van der Waals surface area contributed by atoms with E-state index in [2.05, 4.69) is 25.9 Å². The summed E-state index contributed by atoms with van der Waals surface area (Å²) < 4.78 is 5.63. The van der Waals surface area contributed by atoms with E-state index in [4.69, 9.17) is 21.2 Å². The van der Waals surface area contributed by atoms with Crippen molar-refractivity contribution in [1.29, 1.82) is 0 Å². The molecular formula is C13H18ClNO2. The zero-order valence-corrected chi connectivity index (χ0v) is 11.4. The van der Waals surface area contributed by atoms with E-state index >= 15 is 0 Å². The van der Waals surface area contributed by atoms with Crippen molar-refractivity contribution in [2.24, 2.45) is 10.6 Å². The molecule has 94 valence electrons. The number of ether oxygens (including phenoxy) is 1. The van der Waals surface area contributed by atoms with Crippen molar-refractivity contribution in [1.82, 2.24) is 0 Å². The van der Waals surface area contributed by atoms with Gasteiger partial charge in [-0.15, -0.1) is 0 Å². The fourth-order valence-electron chi connectivity index (χ4n) is 1.20. The molecule has 1 aromatic rings. The van der Waals surface area contributed by atoms with Gasteiger partial charge < -0.3 is 9.57 Å². The van der Waals surface area contributed by atoms with Gasteiger partial charge in [-0.1, -0.05) is 43.6 Å². The lowest BCUT2D eigenvalue weighted by Crippen LogP contribution is -2.27. The van der Waals surface area contributed by atoms with Crippen LogP contribution in [0.15, 0.2) is 29.4 Å². The largest absolute Gasteiger partial charge is 0.487 e. The summed E-state index contributed by atoms with van der Waals surface area (Å²) in [5, 5.41) is 4.65. The number of nitrogens with zero attached hydrogens (tertiary/aromatic N) is 1. The number of halogens is 1. The van der Waals surface area contributed by atoms with Gasteiger partial charge in [-0.25, -0.2) is 0 Å². The molecule has 0 spiro atoms. The highest BCUT2D eigenvalue weighted by molar-refractivity contribution is 6.30. The summed E-state index contributed by atoms with van der Waals surface area (Å²) in [4.78, 5) is 4.82. The molecule has 1 aromatic carbocycles. The predicted molar refractivity (Wildman–Crippen MR) is 70.8 cm³/mol. The van der Waals surface area contributed by atoms with Crippen LogP contribution in [-0.4, -0.2) is 19.4 Å². The highest BCUT2D eigenvalue weighted by Crippen LogP contribution is 2.20. The Morgan fingerprint density at radius 2 is 2.06 bits per heavy atom. The van der Waals surface area contributed by atoms with Crippen molar-refractivity contribution in [2.45, 2.75) is 20.8 Å². The van der Waals surface area contributed by atoms with Crippen LogP contribution in [-0.2, 0) is 4.84 Å². The third-order valence-electron chi connectivity index (χ3n) is 2.24. The van der Waals surface area contributed by atoms with Crippen LogP contribution in [0.1, 0.15) is 20.8 Å². The van der Waals surface area contributed by atoms with E-state index < -0.39 is 0 Å². The summed E-state index contributed by atoms with van der Waals surface area (Å²) >= 11 is 5.88. The maximum absolute atomic E-state index is 5.88. The quantitative estimate of drug-likeness (QED) is 0.606. The molecule has 4 heteroatoms. The Hall–Kier alpha value is -1.22. The Kier molecular flexibility index (Phi) is 4.82. The summed E-state index contributed by atoms with van der Waals surface area (Å²) in [6.45, 7) is 6.57. The second-order valence-electron chi connectivity index (χ2n) is 4.72. The van der Waals surface area contributed by atoms with Crippen molar-refractivity contribution in [3.05, 3.63) is 29.3 Å². The standard InChI is InChI=1S/C13H18ClNO2/c1-13(2,3)12(15-16-4)9-17-11-7-5-6-10(14)8-11/h5-8H,9H2,1-4H3/b15-12+. The summed E-state index contributed by atoms with van der Waals surface area (Å²) in [5.74, 6) is 0.727. The van der Waals surface area contributed by atoms with E-state index in [1.54, 1.807) is 6.07 Å². The molecule has 0 saturated carbocycles. The lowest BCUT2D eigenvalue weighted by molar-refractivity contribution is 0.204.